The quantitative estimate of drug-likeness (QED) is 0.426. The topological polar surface area (TPSA) is 36.4 Å². The van der Waals surface area contributed by atoms with Gasteiger partial charge in [0.1, 0.15) is 5.82 Å². The van der Waals surface area contributed by atoms with Crippen LogP contribution >= 0.6 is 39.9 Å². The smallest absolute Gasteiger partial charge is 0.191 e. The van der Waals surface area contributed by atoms with Gasteiger partial charge in [0.2, 0.25) is 0 Å². The highest BCUT2D eigenvalue weighted by Gasteiger charge is 2.21. The lowest BCUT2D eigenvalue weighted by molar-refractivity contribution is 0.624. The molecule has 0 aromatic heterocycles. The van der Waals surface area contributed by atoms with Crippen molar-refractivity contribution < 1.29 is 4.39 Å². The Morgan fingerprint density at radius 3 is 2.74 bits per heavy atom. The van der Waals surface area contributed by atoms with Gasteiger partial charge in [-0.3, -0.25) is 0 Å². The summed E-state index contributed by atoms with van der Waals surface area (Å²) in [5.41, 5.74) is 0.856. The molecule has 0 radical (unpaired) electrons. The second kappa shape index (κ2) is 8.04. The van der Waals surface area contributed by atoms with Gasteiger partial charge in [0.25, 0.3) is 0 Å². The molecule has 2 N–H and O–H groups in total. The fourth-order valence-corrected chi connectivity index (χ4v) is 2.13. The van der Waals surface area contributed by atoms with Gasteiger partial charge in [0.05, 0.1) is 6.54 Å². The van der Waals surface area contributed by atoms with Gasteiger partial charge in [0.15, 0.2) is 5.96 Å². The molecule has 106 valence electrons. The summed E-state index contributed by atoms with van der Waals surface area (Å²) in [5.74, 6) is 0.565. The number of hydrogen-bond acceptors (Lipinski definition) is 1. The highest BCUT2D eigenvalue weighted by molar-refractivity contribution is 14.0. The Labute approximate surface area is 138 Å². The molecule has 0 amide bonds. The van der Waals surface area contributed by atoms with Gasteiger partial charge in [-0.05, 0) is 43.5 Å². The van der Waals surface area contributed by atoms with Crippen LogP contribution in [0, 0.1) is 5.82 Å². The summed E-state index contributed by atoms with van der Waals surface area (Å²) in [5, 5.41) is 6.51. The molecule has 2 rings (SSSR count). The molecule has 6 heteroatoms. The Morgan fingerprint density at radius 2 is 2.16 bits per heavy atom. The molecule has 0 bridgehead atoms. The van der Waals surface area contributed by atoms with Crippen LogP contribution in [0.4, 0.5) is 4.39 Å². The number of aliphatic imine (C=N–C) groups is 1. The van der Waals surface area contributed by atoms with Gasteiger partial charge in [-0.1, -0.05) is 15.9 Å². The molecule has 1 fully saturated rings. The fourth-order valence-electron chi connectivity index (χ4n) is 1.61. The first-order chi connectivity index (χ1) is 8.67. The van der Waals surface area contributed by atoms with Crippen molar-refractivity contribution in [2.75, 3.05) is 6.54 Å². The normalized spacial score (nSPS) is 14.8. The van der Waals surface area contributed by atoms with Gasteiger partial charge in [-0.15, -0.1) is 24.0 Å². The first-order valence-electron chi connectivity index (χ1n) is 6.17. The minimum absolute atomic E-state index is 0. The summed E-state index contributed by atoms with van der Waals surface area (Å²) in [7, 11) is 0. The Hall–Kier alpha value is -0.370. The van der Waals surface area contributed by atoms with Crippen LogP contribution in [0.2, 0.25) is 0 Å². The third-order valence-electron chi connectivity index (χ3n) is 2.60. The van der Waals surface area contributed by atoms with E-state index in [-0.39, 0.29) is 29.8 Å². The molecule has 19 heavy (non-hydrogen) atoms. The molecule has 0 saturated heterocycles. The van der Waals surface area contributed by atoms with Crippen molar-refractivity contribution in [3.63, 3.8) is 0 Å². The summed E-state index contributed by atoms with van der Waals surface area (Å²) in [6.07, 6.45) is 2.41. The summed E-state index contributed by atoms with van der Waals surface area (Å²) < 4.78 is 14.0. The number of nitrogens with zero attached hydrogens (tertiary/aromatic N) is 1. The molecular weight excluding hydrogens is 424 g/mol. The average Bonchev–Trinajstić information content (AvgIpc) is 3.09. The number of halogens is 3. The van der Waals surface area contributed by atoms with Crippen molar-refractivity contribution in [1.82, 2.24) is 10.6 Å². The second-order valence-corrected chi connectivity index (χ2v) is 5.31. The summed E-state index contributed by atoms with van der Waals surface area (Å²) in [6, 6.07) is 5.39. The molecule has 1 aromatic rings. The van der Waals surface area contributed by atoms with E-state index < -0.39 is 0 Å². The Morgan fingerprint density at radius 1 is 1.42 bits per heavy atom. The van der Waals surface area contributed by atoms with Gasteiger partial charge < -0.3 is 10.6 Å². The van der Waals surface area contributed by atoms with Gasteiger partial charge >= 0.3 is 0 Å². The van der Waals surface area contributed by atoms with E-state index in [4.69, 9.17) is 0 Å². The van der Waals surface area contributed by atoms with Crippen LogP contribution in [-0.4, -0.2) is 18.5 Å². The van der Waals surface area contributed by atoms with E-state index in [0.717, 1.165) is 22.5 Å². The minimum atomic E-state index is -0.241. The Bertz CT molecular complexity index is 429. The third kappa shape index (κ3) is 6.07. The van der Waals surface area contributed by atoms with Crippen LogP contribution in [-0.2, 0) is 6.54 Å². The molecule has 0 spiro atoms. The lowest BCUT2D eigenvalue weighted by Gasteiger charge is -2.10. The van der Waals surface area contributed by atoms with E-state index in [1.807, 2.05) is 13.0 Å². The predicted molar refractivity (Wildman–Crippen MR) is 90.5 cm³/mol. The van der Waals surface area contributed by atoms with E-state index >= 15 is 0 Å². The van der Waals surface area contributed by atoms with Gasteiger partial charge in [-0.2, -0.15) is 0 Å². The van der Waals surface area contributed by atoms with Crippen molar-refractivity contribution in [2.24, 2.45) is 4.99 Å². The van der Waals surface area contributed by atoms with Crippen LogP contribution in [0.3, 0.4) is 0 Å². The van der Waals surface area contributed by atoms with Crippen LogP contribution in [0.15, 0.2) is 27.7 Å². The molecule has 3 nitrogen and oxygen atoms in total. The predicted octanol–water partition coefficient (Wildman–Crippen LogP) is 3.42. The first kappa shape index (κ1) is 16.7. The molecule has 1 saturated carbocycles. The maximum Gasteiger partial charge on any atom is 0.191 e. The van der Waals surface area contributed by atoms with Crippen molar-refractivity contribution in [2.45, 2.75) is 32.4 Å². The van der Waals surface area contributed by atoms with E-state index in [1.54, 1.807) is 0 Å². The van der Waals surface area contributed by atoms with E-state index in [9.17, 15) is 4.39 Å². The monoisotopic (exact) mass is 441 g/mol. The highest BCUT2D eigenvalue weighted by atomic mass is 127. The third-order valence-corrected chi connectivity index (χ3v) is 3.06. The molecule has 0 aliphatic heterocycles. The molecule has 1 aliphatic rings. The molecule has 0 atom stereocenters. The summed E-state index contributed by atoms with van der Waals surface area (Å²) in [4.78, 5) is 4.45. The highest BCUT2D eigenvalue weighted by Crippen LogP contribution is 2.18. The Balaban J connectivity index is 0.00000180. The lowest BCUT2D eigenvalue weighted by Crippen LogP contribution is -2.38. The van der Waals surface area contributed by atoms with Gasteiger partial charge in [-0.25, -0.2) is 9.38 Å². The average molecular weight is 442 g/mol. The van der Waals surface area contributed by atoms with Crippen LogP contribution in [0.25, 0.3) is 0 Å². The van der Waals surface area contributed by atoms with E-state index in [2.05, 4.69) is 31.6 Å². The lowest BCUT2D eigenvalue weighted by atomic mass is 10.2. The Kier molecular flexibility index (Phi) is 7.06. The number of nitrogens with one attached hydrogen (secondary N) is 2. The van der Waals surface area contributed by atoms with E-state index in [1.165, 1.54) is 25.0 Å². The largest absolute Gasteiger partial charge is 0.357 e. The molecule has 1 aliphatic carbocycles. The fraction of sp³-hybridized carbons (Fsp3) is 0.462. The van der Waals surface area contributed by atoms with Crippen molar-refractivity contribution in [1.29, 1.82) is 0 Å². The summed E-state index contributed by atoms with van der Waals surface area (Å²) in [6.45, 7) is 3.33. The molecule has 1 aromatic carbocycles. The number of guanidine groups is 1. The minimum Gasteiger partial charge on any atom is -0.357 e. The van der Waals surface area contributed by atoms with Crippen LogP contribution in [0.1, 0.15) is 25.3 Å². The number of benzene rings is 1. The number of rotatable bonds is 4. The van der Waals surface area contributed by atoms with Crippen molar-refractivity contribution in [3.05, 3.63) is 34.1 Å². The van der Waals surface area contributed by atoms with Crippen LogP contribution < -0.4 is 10.6 Å². The zero-order valence-electron chi connectivity index (χ0n) is 10.7. The zero-order chi connectivity index (χ0) is 13.0. The van der Waals surface area contributed by atoms with Crippen molar-refractivity contribution in [3.8, 4) is 0 Å². The molecule has 0 unspecified atom stereocenters. The SMILES string of the molecule is CCNC(=NCc1cc(F)cc(Br)c1)NC1CC1.I. The summed E-state index contributed by atoms with van der Waals surface area (Å²) >= 11 is 3.28. The number of hydrogen-bond donors (Lipinski definition) is 2. The first-order valence-corrected chi connectivity index (χ1v) is 6.96. The molecule has 0 heterocycles. The van der Waals surface area contributed by atoms with Crippen LogP contribution in [0.5, 0.6) is 0 Å². The molecular formula is C13H18BrFIN3. The van der Waals surface area contributed by atoms with Crippen molar-refractivity contribution >= 4 is 45.9 Å². The van der Waals surface area contributed by atoms with E-state index in [0.29, 0.717) is 12.6 Å². The maximum atomic E-state index is 13.2. The second-order valence-electron chi connectivity index (χ2n) is 4.39. The standard InChI is InChI=1S/C13H17BrFN3.HI/c1-2-16-13(18-12-3-4-12)17-8-9-5-10(14)7-11(15)6-9;/h5-7,12H,2-4,8H2,1H3,(H2,16,17,18);1H. The zero-order valence-corrected chi connectivity index (χ0v) is 14.7. The maximum absolute atomic E-state index is 13.2. The van der Waals surface area contributed by atoms with Gasteiger partial charge in [0, 0.05) is 17.1 Å².